The molecule has 5 heteroatoms. The van der Waals surface area contributed by atoms with Gasteiger partial charge in [0, 0.05) is 30.1 Å². The van der Waals surface area contributed by atoms with Crippen LogP contribution in [-0.2, 0) is 0 Å². The number of nitrogens with one attached hydrogen (secondary N) is 1. The number of aromatic nitrogens is 1. The molecule has 1 heterocycles. The molecule has 0 aliphatic heterocycles. The van der Waals surface area contributed by atoms with Crippen LogP contribution in [0.5, 0.6) is 0 Å². The maximum absolute atomic E-state index is 12.0. The van der Waals surface area contributed by atoms with E-state index in [2.05, 4.69) is 10.3 Å². The van der Waals surface area contributed by atoms with Crippen LogP contribution >= 0.6 is 12.2 Å². The summed E-state index contributed by atoms with van der Waals surface area (Å²) >= 11 is 4.76. The van der Waals surface area contributed by atoms with E-state index in [1.165, 1.54) is 0 Å². The Morgan fingerprint density at radius 2 is 2.17 bits per heavy atom. The Balaban J connectivity index is 2.20. The highest BCUT2D eigenvalue weighted by atomic mass is 32.1. The molecule has 0 saturated carbocycles. The van der Waals surface area contributed by atoms with Crippen LogP contribution in [0.1, 0.15) is 16.8 Å². The number of thiocarbonyl (C=S) groups is 1. The summed E-state index contributed by atoms with van der Waals surface area (Å²) < 4.78 is 0. The molecule has 0 bridgehead atoms. The fourth-order valence-electron chi connectivity index (χ4n) is 1.70. The fraction of sp³-hybridized carbons (Fsp3) is 0.154. The summed E-state index contributed by atoms with van der Waals surface area (Å²) in [7, 11) is 0. The number of fused-ring (bicyclic) bond motifs is 1. The normalized spacial score (nSPS) is 10.2. The highest BCUT2D eigenvalue weighted by Gasteiger charge is 2.09. The Hall–Kier alpha value is -2.01. The molecular formula is C13H13N3OS. The minimum atomic E-state index is -0.134. The summed E-state index contributed by atoms with van der Waals surface area (Å²) in [5.41, 5.74) is 6.80. The van der Waals surface area contributed by atoms with Gasteiger partial charge in [0.2, 0.25) is 0 Å². The monoisotopic (exact) mass is 259 g/mol. The standard InChI is InChI=1S/C13H13N3OS/c14-12(18)6-8-16-13(17)10-3-1-5-11-9(10)4-2-7-15-11/h1-5,7H,6,8H2,(H2,14,18)(H,16,17). The maximum Gasteiger partial charge on any atom is 0.251 e. The van der Waals surface area contributed by atoms with Crippen molar-refractivity contribution in [2.75, 3.05) is 6.54 Å². The van der Waals surface area contributed by atoms with E-state index in [1.807, 2.05) is 24.3 Å². The first-order valence-corrected chi connectivity index (χ1v) is 5.99. The van der Waals surface area contributed by atoms with Crippen molar-refractivity contribution in [3.05, 3.63) is 42.1 Å². The Kier molecular flexibility index (Phi) is 3.84. The lowest BCUT2D eigenvalue weighted by Crippen LogP contribution is -2.27. The van der Waals surface area contributed by atoms with Crippen molar-refractivity contribution in [2.45, 2.75) is 6.42 Å². The Bertz CT molecular complexity index is 592. The van der Waals surface area contributed by atoms with Gasteiger partial charge in [-0.1, -0.05) is 24.4 Å². The second-order valence-electron chi connectivity index (χ2n) is 3.85. The molecule has 1 amide bonds. The summed E-state index contributed by atoms with van der Waals surface area (Å²) in [6, 6.07) is 9.16. The van der Waals surface area contributed by atoms with E-state index in [0.717, 1.165) is 10.9 Å². The molecule has 1 aromatic heterocycles. The molecule has 0 spiro atoms. The van der Waals surface area contributed by atoms with E-state index < -0.39 is 0 Å². The van der Waals surface area contributed by atoms with Gasteiger partial charge >= 0.3 is 0 Å². The maximum atomic E-state index is 12.0. The number of hydrogen-bond donors (Lipinski definition) is 2. The Morgan fingerprint density at radius 1 is 1.33 bits per heavy atom. The summed E-state index contributed by atoms with van der Waals surface area (Å²) in [6.07, 6.45) is 2.21. The molecule has 0 fully saturated rings. The molecule has 0 unspecified atom stereocenters. The van der Waals surface area contributed by atoms with Crippen molar-refractivity contribution in [3.8, 4) is 0 Å². The van der Waals surface area contributed by atoms with Gasteiger partial charge in [0.05, 0.1) is 10.5 Å². The third-order valence-corrected chi connectivity index (χ3v) is 2.75. The van der Waals surface area contributed by atoms with Gasteiger partial charge in [0.1, 0.15) is 0 Å². The average Bonchev–Trinajstić information content (AvgIpc) is 2.37. The quantitative estimate of drug-likeness (QED) is 0.819. The van der Waals surface area contributed by atoms with E-state index in [1.54, 1.807) is 12.3 Å². The van der Waals surface area contributed by atoms with Gasteiger partial charge in [-0.25, -0.2) is 0 Å². The number of hydrogen-bond acceptors (Lipinski definition) is 3. The van der Waals surface area contributed by atoms with Gasteiger partial charge in [0.25, 0.3) is 5.91 Å². The summed E-state index contributed by atoms with van der Waals surface area (Å²) in [5, 5.41) is 3.63. The highest BCUT2D eigenvalue weighted by molar-refractivity contribution is 7.80. The van der Waals surface area contributed by atoms with Gasteiger partial charge in [-0.3, -0.25) is 9.78 Å². The van der Waals surface area contributed by atoms with Gasteiger partial charge in [-0.2, -0.15) is 0 Å². The minimum absolute atomic E-state index is 0.134. The van der Waals surface area contributed by atoms with Crippen LogP contribution in [0.15, 0.2) is 36.5 Å². The van der Waals surface area contributed by atoms with Crippen LogP contribution in [0, 0.1) is 0 Å². The van der Waals surface area contributed by atoms with Crippen LogP contribution in [-0.4, -0.2) is 22.4 Å². The number of carbonyl (C=O) groups excluding carboxylic acids is 1. The molecule has 4 nitrogen and oxygen atoms in total. The van der Waals surface area contributed by atoms with E-state index in [0.29, 0.717) is 23.5 Å². The molecule has 3 N–H and O–H groups in total. The number of amides is 1. The zero-order valence-corrected chi connectivity index (χ0v) is 10.5. The van der Waals surface area contributed by atoms with Crippen LogP contribution in [0.2, 0.25) is 0 Å². The SMILES string of the molecule is NC(=S)CCNC(=O)c1cccc2ncccc12. The first-order valence-electron chi connectivity index (χ1n) is 5.59. The van der Waals surface area contributed by atoms with Gasteiger partial charge < -0.3 is 11.1 Å². The molecule has 0 saturated heterocycles. The van der Waals surface area contributed by atoms with Crippen LogP contribution in [0.4, 0.5) is 0 Å². The molecule has 92 valence electrons. The number of carbonyl (C=O) groups is 1. The van der Waals surface area contributed by atoms with Crippen molar-refractivity contribution in [2.24, 2.45) is 5.73 Å². The first kappa shape index (κ1) is 12.4. The van der Waals surface area contributed by atoms with E-state index >= 15 is 0 Å². The minimum Gasteiger partial charge on any atom is -0.393 e. The van der Waals surface area contributed by atoms with Crippen LogP contribution < -0.4 is 11.1 Å². The Labute approximate surface area is 110 Å². The molecular weight excluding hydrogens is 246 g/mol. The van der Waals surface area contributed by atoms with Crippen molar-refractivity contribution in [3.63, 3.8) is 0 Å². The summed E-state index contributed by atoms with van der Waals surface area (Å²) in [5.74, 6) is -0.134. The fourth-order valence-corrected chi connectivity index (χ4v) is 1.80. The van der Waals surface area contributed by atoms with Crippen LogP contribution in [0.3, 0.4) is 0 Å². The first-order chi connectivity index (χ1) is 8.68. The summed E-state index contributed by atoms with van der Waals surface area (Å²) in [6.45, 7) is 0.449. The molecule has 1 aromatic carbocycles. The van der Waals surface area contributed by atoms with Crippen LogP contribution in [0.25, 0.3) is 10.9 Å². The lowest BCUT2D eigenvalue weighted by molar-refractivity contribution is 0.0956. The van der Waals surface area contributed by atoms with Crippen molar-refractivity contribution < 1.29 is 4.79 Å². The molecule has 2 rings (SSSR count). The van der Waals surface area contributed by atoms with Crippen molar-refractivity contribution in [1.82, 2.24) is 10.3 Å². The number of rotatable bonds is 4. The van der Waals surface area contributed by atoms with E-state index in [-0.39, 0.29) is 5.91 Å². The van der Waals surface area contributed by atoms with E-state index in [9.17, 15) is 4.79 Å². The number of nitrogens with zero attached hydrogens (tertiary/aromatic N) is 1. The van der Waals surface area contributed by atoms with Gasteiger partial charge in [-0.05, 0) is 18.2 Å². The lowest BCUT2D eigenvalue weighted by Gasteiger charge is -2.07. The molecule has 0 aliphatic carbocycles. The van der Waals surface area contributed by atoms with Gasteiger partial charge in [0.15, 0.2) is 0 Å². The number of benzene rings is 1. The van der Waals surface area contributed by atoms with Crippen molar-refractivity contribution >= 4 is 34.0 Å². The number of nitrogens with two attached hydrogens (primary N) is 1. The molecule has 2 aromatic rings. The Morgan fingerprint density at radius 3 is 2.94 bits per heavy atom. The largest absolute Gasteiger partial charge is 0.393 e. The topological polar surface area (TPSA) is 68.0 Å². The predicted molar refractivity (Wildman–Crippen MR) is 75.5 cm³/mol. The molecule has 0 radical (unpaired) electrons. The molecule has 0 atom stereocenters. The number of pyridine rings is 1. The zero-order chi connectivity index (χ0) is 13.0. The molecule has 18 heavy (non-hydrogen) atoms. The van der Waals surface area contributed by atoms with E-state index in [4.69, 9.17) is 18.0 Å². The predicted octanol–water partition coefficient (Wildman–Crippen LogP) is 1.64. The smallest absolute Gasteiger partial charge is 0.251 e. The second kappa shape index (κ2) is 5.55. The lowest BCUT2D eigenvalue weighted by atomic mass is 10.1. The third kappa shape index (κ3) is 2.81. The average molecular weight is 259 g/mol. The highest BCUT2D eigenvalue weighted by Crippen LogP contribution is 2.15. The molecule has 0 aliphatic rings. The van der Waals surface area contributed by atoms with Gasteiger partial charge in [-0.15, -0.1) is 0 Å². The zero-order valence-electron chi connectivity index (χ0n) is 9.72. The second-order valence-corrected chi connectivity index (χ2v) is 4.37. The van der Waals surface area contributed by atoms with Crippen molar-refractivity contribution in [1.29, 1.82) is 0 Å². The summed E-state index contributed by atoms with van der Waals surface area (Å²) in [4.78, 5) is 16.6. The third-order valence-electron chi connectivity index (χ3n) is 2.55.